The van der Waals surface area contributed by atoms with Crippen LogP contribution in [0.4, 0.5) is 11.4 Å². The lowest BCUT2D eigenvalue weighted by Crippen LogP contribution is -2.31. The van der Waals surface area contributed by atoms with Crippen LogP contribution in [0.3, 0.4) is 0 Å². The second-order valence-electron chi connectivity index (χ2n) is 6.15. The van der Waals surface area contributed by atoms with Gasteiger partial charge in [0.25, 0.3) is 11.6 Å². The molecule has 1 fully saturated rings. The van der Waals surface area contributed by atoms with Gasteiger partial charge < -0.3 is 10.4 Å². The lowest BCUT2D eigenvalue weighted by atomic mass is 10.2. The Morgan fingerprint density at radius 2 is 2.10 bits per heavy atom. The molecule has 1 saturated heterocycles. The molecule has 8 nitrogen and oxygen atoms in total. The molecule has 2 aromatic carbocycles. The van der Waals surface area contributed by atoms with Gasteiger partial charge in [0, 0.05) is 29.6 Å². The minimum absolute atomic E-state index is 0.0437. The zero-order valence-corrected chi connectivity index (χ0v) is 18.4. The fraction of sp³-hybridized carbons (Fsp3) is 0.105. The van der Waals surface area contributed by atoms with Crippen molar-refractivity contribution in [1.29, 1.82) is 0 Å². The van der Waals surface area contributed by atoms with Crippen LogP contribution in [0.5, 0.6) is 5.75 Å². The molecular formula is C19H14BrN3O5S2. The van der Waals surface area contributed by atoms with Gasteiger partial charge in [0.1, 0.15) is 10.1 Å². The maximum absolute atomic E-state index is 12.6. The molecular weight excluding hydrogens is 494 g/mol. The number of nitrogens with one attached hydrogen (secondary N) is 1. The van der Waals surface area contributed by atoms with E-state index in [-0.39, 0.29) is 36.0 Å². The van der Waals surface area contributed by atoms with Gasteiger partial charge in [-0.25, -0.2) is 0 Å². The summed E-state index contributed by atoms with van der Waals surface area (Å²) < 4.78 is 1.22. The number of nitrogens with zero attached hydrogens (tertiary/aromatic N) is 2. The van der Waals surface area contributed by atoms with Crippen LogP contribution in [0.15, 0.2) is 51.8 Å². The van der Waals surface area contributed by atoms with E-state index in [1.807, 2.05) is 24.3 Å². The standard InChI is InChI=1S/C19H14BrN3O5S2/c20-12-3-1-2-11(8-12)9-16-18(26)22(19(29)30-16)7-6-17(25)21-14-10-13(23(27)28)4-5-15(14)24/h1-5,8-10,24H,6-7H2,(H,21,25)/b16-9+. The third-order valence-corrected chi connectivity index (χ3v) is 5.92. The molecule has 3 rings (SSSR count). The number of carbonyl (C=O) groups excluding carboxylic acids is 2. The summed E-state index contributed by atoms with van der Waals surface area (Å²) in [7, 11) is 0. The van der Waals surface area contributed by atoms with Crippen LogP contribution in [-0.2, 0) is 9.59 Å². The Morgan fingerprint density at radius 3 is 2.80 bits per heavy atom. The number of carbonyl (C=O) groups is 2. The quantitative estimate of drug-likeness (QED) is 0.197. The number of phenols is 1. The van der Waals surface area contributed by atoms with E-state index in [4.69, 9.17) is 12.2 Å². The number of thiocarbonyl (C=S) groups is 1. The Labute approximate surface area is 189 Å². The third-order valence-electron chi connectivity index (χ3n) is 4.05. The number of nitro groups is 1. The second kappa shape index (κ2) is 9.37. The van der Waals surface area contributed by atoms with Gasteiger partial charge in [0.2, 0.25) is 5.91 Å². The summed E-state index contributed by atoms with van der Waals surface area (Å²) in [5.74, 6) is -1.11. The molecule has 0 radical (unpaired) electrons. The van der Waals surface area contributed by atoms with Crippen molar-refractivity contribution >= 4 is 73.5 Å². The minimum Gasteiger partial charge on any atom is -0.506 e. The van der Waals surface area contributed by atoms with Crippen molar-refractivity contribution in [2.45, 2.75) is 6.42 Å². The molecule has 0 atom stereocenters. The van der Waals surface area contributed by atoms with E-state index in [9.17, 15) is 24.8 Å². The first-order chi connectivity index (χ1) is 14.2. The number of benzene rings is 2. The summed E-state index contributed by atoms with van der Waals surface area (Å²) in [5, 5.41) is 23.0. The van der Waals surface area contributed by atoms with E-state index < -0.39 is 10.8 Å². The van der Waals surface area contributed by atoms with Gasteiger partial charge in [-0.15, -0.1) is 0 Å². The number of thioether (sulfide) groups is 1. The van der Waals surface area contributed by atoms with Gasteiger partial charge >= 0.3 is 0 Å². The predicted octanol–water partition coefficient (Wildman–Crippen LogP) is 4.29. The first-order valence-electron chi connectivity index (χ1n) is 8.53. The van der Waals surface area contributed by atoms with Crippen LogP contribution < -0.4 is 5.32 Å². The van der Waals surface area contributed by atoms with Crippen molar-refractivity contribution in [2.24, 2.45) is 0 Å². The Hall–Kier alpha value is -2.76. The zero-order valence-electron chi connectivity index (χ0n) is 15.2. The SMILES string of the molecule is O=C(CCN1C(=O)/C(=C\c2cccc(Br)c2)SC1=S)Nc1cc([N+](=O)[O-])ccc1O. The van der Waals surface area contributed by atoms with Crippen LogP contribution in [0.25, 0.3) is 6.08 Å². The molecule has 1 aliphatic heterocycles. The molecule has 0 aliphatic carbocycles. The number of aromatic hydroxyl groups is 1. The highest BCUT2D eigenvalue weighted by atomic mass is 79.9. The largest absolute Gasteiger partial charge is 0.506 e. The van der Waals surface area contributed by atoms with E-state index >= 15 is 0 Å². The first kappa shape index (κ1) is 21.9. The van der Waals surface area contributed by atoms with Crippen LogP contribution >= 0.6 is 39.9 Å². The molecule has 0 spiro atoms. The highest BCUT2D eigenvalue weighted by molar-refractivity contribution is 9.10. The van der Waals surface area contributed by atoms with Crippen molar-refractivity contribution < 1.29 is 19.6 Å². The van der Waals surface area contributed by atoms with Gasteiger partial charge in [0.15, 0.2) is 0 Å². The maximum atomic E-state index is 12.6. The summed E-state index contributed by atoms with van der Waals surface area (Å²) in [6.45, 7) is 0.0437. The summed E-state index contributed by atoms with van der Waals surface area (Å²) >= 11 is 9.79. The normalized spacial score (nSPS) is 15.0. The zero-order chi connectivity index (χ0) is 21.8. The number of non-ortho nitro benzene ring substituents is 1. The molecule has 0 saturated carbocycles. The molecule has 30 heavy (non-hydrogen) atoms. The number of amides is 2. The van der Waals surface area contributed by atoms with Crippen molar-refractivity contribution in [1.82, 2.24) is 4.90 Å². The Morgan fingerprint density at radius 1 is 1.33 bits per heavy atom. The van der Waals surface area contributed by atoms with Gasteiger partial charge in [-0.2, -0.15) is 0 Å². The number of nitro benzene ring substituents is 1. The molecule has 2 amide bonds. The first-order valence-corrected chi connectivity index (χ1v) is 10.5. The highest BCUT2D eigenvalue weighted by Gasteiger charge is 2.32. The van der Waals surface area contributed by atoms with Crippen LogP contribution in [0, 0.1) is 10.1 Å². The molecule has 0 aromatic heterocycles. The maximum Gasteiger partial charge on any atom is 0.271 e. The van der Waals surface area contributed by atoms with Gasteiger partial charge in [-0.3, -0.25) is 24.6 Å². The van der Waals surface area contributed by atoms with Gasteiger partial charge in [-0.05, 0) is 29.8 Å². The molecule has 154 valence electrons. The molecule has 0 bridgehead atoms. The average molecular weight is 508 g/mol. The van der Waals surface area contributed by atoms with Crippen molar-refractivity contribution in [3.8, 4) is 5.75 Å². The van der Waals surface area contributed by atoms with Crippen molar-refractivity contribution in [3.63, 3.8) is 0 Å². The van der Waals surface area contributed by atoms with E-state index in [0.717, 1.165) is 40.0 Å². The van der Waals surface area contributed by atoms with Crippen LogP contribution in [-0.4, -0.2) is 37.6 Å². The Kier molecular flexibility index (Phi) is 6.85. The van der Waals surface area contributed by atoms with Crippen molar-refractivity contribution in [3.05, 3.63) is 67.5 Å². The predicted molar refractivity (Wildman–Crippen MR) is 122 cm³/mol. The third kappa shape index (κ3) is 5.23. The average Bonchev–Trinajstić information content (AvgIpc) is 2.94. The van der Waals surface area contributed by atoms with Gasteiger partial charge in [0.05, 0.1) is 15.5 Å². The number of hydrogen-bond acceptors (Lipinski definition) is 7. The summed E-state index contributed by atoms with van der Waals surface area (Å²) in [4.78, 5) is 36.9. The monoisotopic (exact) mass is 507 g/mol. The Balaban J connectivity index is 1.64. The van der Waals surface area contributed by atoms with E-state index in [2.05, 4.69) is 21.2 Å². The molecule has 2 aromatic rings. The summed E-state index contributed by atoms with van der Waals surface area (Å²) in [6.07, 6.45) is 1.63. The molecule has 1 aliphatic rings. The number of anilines is 1. The van der Waals surface area contributed by atoms with E-state index in [1.165, 1.54) is 4.90 Å². The number of phenolic OH excluding ortho intramolecular Hbond substituents is 1. The lowest BCUT2D eigenvalue weighted by molar-refractivity contribution is -0.384. The molecule has 1 heterocycles. The molecule has 0 unspecified atom stereocenters. The van der Waals surface area contributed by atoms with E-state index in [0.29, 0.717) is 9.23 Å². The van der Waals surface area contributed by atoms with Crippen LogP contribution in [0.1, 0.15) is 12.0 Å². The van der Waals surface area contributed by atoms with Gasteiger partial charge in [-0.1, -0.05) is 52.0 Å². The molecule has 2 N–H and O–H groups in total. The highest BCUT2D eigenvalue weighted by Crippen LogP contribution is 2.33. The number of hydrogen-bond donors (Lipinski definition) is 2. The summed E-state index contributed by atoms with van der Waals surface area (Å²) in [5.41, 5.74) is 0.496. The fourth-order valence-corrected chi connectivity index (χ4v) is 4.33. The number of halogens is 1. The minimum atomic E-state index is -0.632. The van der Waals surface area contributed by atoms with E-state index in [1.54, 1.807) is 6.08 Å². The Bertz CT molecular complexity index is 1090. The van der Waals surface area contributed by atoms with Crippen LogP contribution in [0.2, 0.25) is 0 Å². The second-order valence-corrected chi connectivity index (χ2v) is 8.74. The summed E-state index contributed by atoms with van der Waals surface area (Å²) in [6, 6.07) is 10.8. The smallest absolute Gasteiger partial charge is 0.271 e. The number of rotatable bonds is 6. The fourth-order valence-electron chi connectivity index (χ4n) is 2.60. The lowest BCUT2D eigenvalue weighted by Gasteiger charge is -2.14. The molecule has 11 heteroatoms. The van der Waals surface area contributed by atoms with Crippen molar-refractivity contribution in [2.75, 3.05) is 11.9 Å². The topological polar surface area (TPSA) is 113 Å².